The molecule has 3 aromatic rings. The summed E-state index contributed by atoms with van der Waals surface area (Å²) in [6, 6.07) is 24.3. The first-order chi connectivity index (χ1) is 16.2. The number of hydrogen-bond acceptors (Lipinski definition) is 5. The molecule has 1 N–H and O–H groups in total. The zero-order valence-electron chi connectivity index (χ0n) is 19.5. The van der Waals surface area contributed by atoms with Crippen molar-refractivity contribution in [1.29, 1.82) is 0 Å². The van der Waals surface area contributed by atoms with Gasteiger partial charge in [0.25, 0.3) is 14.2 Å². The minimum atomic E-state index is -2.80. The lowest BCUT2D eigenvalue weighted by Crippen LogP contribution is -2.67. The monoisotopic (exact) mass is 476 g/mol. The van der Waals surface area contributed by atoms with Gasteiger partial charge in [-0.15, -0.1) is 0 Å². The number of rotatable bonds is 6. The molecule has 176 valence electrons. The van der Waals surface area contributed by atoms with Crippen LogP contribution in [-0.4, -0.2) is 38.4 Å². The summed E-state index contributed by atoms with van der Waals surface area (Å²) in [6.45, 7) is 6.82. The summed E-state index contributed by atoms with van der Waals surface area (Å²) in [4.78, 5) is 23.8. The van der Waals surface area contributed by atoms with Gasteiger partial charge in [0.1, 0.15) is 6.61 Å². The zero-order valence-corrected chi connectivity index (χ0v) is 20.5. The minimum absolute atomic E-state index is 0.00190. The number of fused-ring (bicyclic) bond motifs is 1. The van der Waals surface area contributed by atoms with Gasteiger partial charge >= 0.3 is 5.69 Å². The van der Waals surface area contributed by atoms with Crippen molar-refractivity contribution >= 4 is 30.3 Å². The third-order valence-corrected chi connectivity index (χ3v) is 11.1. The molecule has 0 fully saturated rings. The molecule has 7 nitrogen and oxygen atoms in total. The third kappa shape index (κ3) is 4.34. The average Bonchev–Trinajstić information content (AvgIpc) is 2.98. The first-order valence-electron chi connectivity index (χ1n) is 11.2. The standard InChI is InChI=1S/C26H28N2O5Si/c1-26(2,3)34(20-11-6-4-7-12-20,21-13-8-5-9-14-21)33-18-19-17-32-24-22(25(29)27-19)15-10-16-23(24)28(30)31/h4-16,19H,17-18H2,1-3H3,(H,27,29). The van der Waals surface area contributed by atoms with Crippen molar-refractivity contribution in [2.24, 2.45) is 0 Å². The van der Waals surface area contributed by atoms with Crippen LogP contribution in [0.1, 0.15) is 31.1 Å². The highest BCUT2D eigenvalue weighted by molar-refractivity contribution is 6.99. The molecule has 0 radical (unpaired) electrons. The van der Waals surface area contributed by atoms with Crippen molar-refractivity contribution in [3.63, 3.8) is 0 Å². The van der Waals surface area contributed by atoms with Gasteiger partial charge in [0.2, 0.25) is 5.75 Å². The SMILES string of the molecule is CC(C)(C)[Si](OCC1COc2c(cccc2[N+](=O)[O-])C(=O)N1)(c1ccccc1)c1ccccc1. The quantitative estimate of drug-likeness (QED) is 0.333. The Balaban J connectivity index is 1.67. The summed E-state index contributed by atoms with van der Waals surface area (Å²) in [5.74, 6) is -0.412. The van der Waals surface area contributed by atoms with Crippen molar-refractivity contribution in [2.45, 2.75) is 31.9 Å². The van der Waals surface area contributed by atoms with E-state index in [0.717, 1.165) is 10.4 Å². The van der Waals surface area contributed by atoms with Crippen LogP contribution in [0, 0.1) is 10.1 Å². The van der Waals surface area contributed by atoms with E-state index in [4.69, 9.17) is 9.16 Å². The van der Waals surface area contributed by atoms with E-state index < -0.39 is 25.2 Å². The fraction of sp³-hybridized carbons (Fsp3) is 0.269. The van der Waals surface area contributed by atoms with Crippen LogP contribution in [0.2, 0.25) is 5.04 Å². The van der Waals surface area contributed by atoms with Gasteiger partial charge in [0.05, 0.1) is 23.1 Å². The molecule has 0 spiro atoms. The van der Waals surface area contributed by atoms with E-state index >= 15 is 0 Å². The summed E-state index contributed by atoms with van der Waals surface area (Å²) in [5, 5.41) is 16.4. The maximum atomic E-state index is 12.9. The summed E-state index contributed by atoms with van der Waals surface area (Å²) in [6.07, 6.45) is 0. The molecular formula is C26H28N2O5Si. The predicted molar refractivity (Wildman–Crippen MR) is 133 cm³/mol. The molecule has 0 aliphatic carbocycles. The molecule has 34 heavy (non-hydrogen) atoms. The number of hydrogen-bond donors (Lipinski definition) is 1. The van der Waals surface area contributed by atoms with E-state index in [0.29, 0.717) is 0 Å². The lowest BCUT2D eigenvalue weighted by Gasteiger charge is -2.43. The van der Waals surface area contributed by atoms with Crippen molar-refractivity contribution in [2.75, 3.05) is 13.2 Å². The molecule has 0 bridgehead atoms. The number of nitro groups is 1. The van der Waals surface area contributed by atoms with Crippen molar-refractivity contribution in [1.82, 2.24) is 5.32 Å². The number of para-hydroxylation sites is 1. The predicted octanol–water partition coefficient (Wildman–Crippen LogP) is 3.66. The average molecular weight is 477 g/mol. The van der Waals surface area contributed by atoms with Crippen LogP contribution in [0.3, 0.4) is 0 Å². The van der Waals surface area contributed by atoms with Crippen molar-refractivity contribution in [3.05, 3.63) is 94.5 Å². The minimum Gasteiger partial charge on any atom is -0.484 e. The largest absolute Gasteiger partial charge is 0.484 e. The van der Waals surface area contributed by atoms with Gasteiger partial charge in [-0.25, -0.2) is 0 Å². The lowest BCUT2D eigenvalue weighted by molar-refractivity contribution is -0.385. The highest BCUT2D eigenvalue weighted by Crippen LogP contribution is 2.37. The van der Waals surface area contributed by atoms with Crippen LogP contribution in [0.15, 0.2) is 78.9 Å². The summed E-state index contributed by atoms with van der Waals surface area (Å²) >= 11 is 0. The van der Waals surface area contributed by atoms with E-state index in [9.17, 15) is 14.9 Å². The topological polar surface area (TPSA) is 90.7 Å². The van der Waals surface area contributed by atoms with E-state index in [1.54, 1.807) is 0 Å². The Labute approximate surface area is 200 Å². The first kappa shape index (κ1) is 23.7. The molecular weight excluding hydrogens is 448 g/mol. The highest BCUT2D eigenvalue weighted by Gasteiger charge is 2.50. The number of amides is 1. The molecule has 8 heteroatoms. The molecule has 3 aromatic carbocycles. The Morgan fingerprint density at radius 3 is 2.12 bits per heavy atom. The number of carbonyl (C=O) groups excluding carboxylic acids is 1. The van der Waals surface area contributed by atoms with E-state index in [-0.39, 0.29) is 35.3 Å². The van der Waals surface area contributed by atoms with E-state index in [1.165, 1.54) is 18.2 Å². The van der Waals surface area contributed by atoms with Gasteiger partial charge in [-0.2, -0.15) is 0 Å². The van der Waals surface area contributed by atoms with Crippen molar-refractivity contribution < 1.29 is 18.9 Å². The summed E-state index contributed by atoms with van der Waals surface area (Å²) in [5.41, 5.74) is -0.0663. The van der Waals surface area contributed by atoms with Crippen LogP contribution < -0.4 is 20.4 Å². The van der Waals surface area contributed by atoms with Gasteiger partial charge in [-0.3, -0.25) is 14.9 Å². The molecule has 1 aliphatic rings. The molecule has 1 atom stereocenters. The molecule has 4 rings (SSSR count). The lowest BCUT2D eigenvalue weighted by atomic mass is 10.1. The smallest absolute Gasteiger partial charge is 0.311 e. The van der Waals surface area contributed by atoms with E-state index in [1.807, 2.05) is 36.4 Å². The van der Waals surface area contributed by atoms with Gasteiger partial charge < -0.3 is 14.5 Å². The number of carbonyl (C=O) groups is 1. The highest BCUT2D eigenvalue weighted by atomic mass is 28.4. The number of nitrogens with one attached hydrogen (secondary N) is 1. The number of nitrogens with zero attached hydrogens (tertiary/aromatic N) is 1. The normalized spacial score (nSPS) is 16.1. The third-order valence-electron chi connectivity index (χ3n) is 6.12. The number of ether oxygens (including phenoxy) is 1. The zero-order chi connectivity index (χ0) is 24.3. The molecule has 1 amide bonds. The molecule has 1 unspecified atom stereocenters. The first-order valence-corrected chi connectivity index (χ1v) is 13.1. The second-order valence-electron chi connectivity index (χ2n) is 9.37. The Hall–Kier alpha value is -3.49. The molecule has 1 heterocycles. The van der Waals surface area contributed by atoms with Gasteiger partial charge in [-0.05, 0) is 21.5 Å². The van der Waals surface area contributed by atoms with Crippen LogP contribution in [-0.2, 0) is 4.43 Å². The summed E-state index contributed by atoms with van der Waals surface area (Å²) < 4.78 is 12.7. The summed E-state index contributed by atoms with van der Waals surface area (Å²) in [7, 11) is -2.80. The van der Waals surface area contributed by atoms with Gasteiger partial charge in [0.15, 0.2) is 0 Å². The Morgan fingerprint density at radius 2 is 1.59 bits per heavy atom. The Morgan fingerprint density at radius 1 is 1.00 bits per heavy atom. The fourth-order valence-corrected chi connectivity index (χ4v) is 9.17. The van der Waals surface area contributed by atoms with Gasteiger partial charge in [0, 0.05) is 6.07 Å². The van der Waals surface area contributed by atoms with Crippen molar-refractivity contribution in [3.8, 4) is 5.75 Å². The van der Waals surface area contributed by atoms with Gasteiger partial charge in [-0.1, -0.05) is 87.5 Å². The number of benzene rings is 3. The van der Waals surface area contributed by atoms with Crippen LogP contribution in [0.25, 0.3) is 0 Å². The Kier molecular flexibility index (Phi) is 6.54. The second kappa shape index (κ2) is 9.40. The molecule has 0 saturated heterocycles. The Bertz CT molecular complexity index is 1140. The fourth-order valence-electron chi connectivity index (χ4n) is 4.56. The number of nitro benzene ring substituents is 1. The molecule has 0 saturated carbocycles. The van der Waals surface area contributed by atoms with E-state index in [2.05, 4.69) is 50.4 Å². The van der Waals surface area contributed by atoms with Crippen LogP contribution in [0.4, 0.5) is 5.69 Å². The maximum Gasteiger partial charge on any atom is 0.311 e. The maximum absolute atomic E-state index is 12.9. The van der Waals surface area contributed by atoms with Crippen LogP contribution in [0.5, 0.6) is 5.75 Å². The molecule has 0 aromatic heterocycles. The second-order valence-corrected chi connectivity index (χ2v) is 13.7. The van der Waals surface area contributed by atoms with Crippen LogP contribution >= 0.6 is 0 Å². The molecule has 1 aliphatic heterocycles.